The third-order valence-corrected chi connectivity index (χ3v) is 14.4. The molecule has 0 N–H and O–H groups in total. The molecule has 0 saturated heterocycles. The molecule has 0 saturated carbocycles. The van der Waals surface area contributed by atoms with Gasteiger partial charge in [0, 0.05) is 19.3 Å². The number of unbranched alkanes of at least 4 members (excludes halogenated alkanes) is 35. The zero-order valence-corrected chi connectivity index (χ0v) is 51.0. The first-order valence-electron chi connectivity index (χ1n) is 33.1. The quantitative estimate of drug-likeness (QED) is 0.0261. The Bertz CT molecular complexity index is 1470. The predicted octanol–water partition coefficient (Wildman–Crippen LogP) is 22.7. The van der Waals surface area contributed by atoms with Gasteiger partial charge in [-0.25, -0.2) is 0 Å². The number of allylic oxidation sites excluding steroid dienone is 14. The van der Waals surface area contributed by atoms with Gasteiger partial charge in [-0.1, -0.05) is 305 Å². The van der Waals surface area contributed by atoms with Gasteiger partial charge in [-0.3, -0.25) is 14.4 Å². The maximum atomic E-state index is 12.9. The lowest BCUT2D eigenvalue weighted by atomic mass is 10.0. The van der Waals surface area contributed by atoms with E-state index in [1.807, 2.05) is 0 Å². The van der Waals surface area contributed by atoms with Crippen molar-refractivity contribution < 1.29 is 28.6 Å². The molecule has 0 spiro atoms. The van der Waals surface area contributed by atoms with Crippen LogP contribution in [0, 0.1) is 0 Å². The highest BCUT2D eigenvalue weighted by Crippen LogP contribution is 2.17. The van der Waals surface area contributed by atoms with Crippen molar-refractivity contribution in [1.29, 1.82) is 0 Å². The zero-order valence-electron chi connectivity index (χ0n) is 51.0. The molecule has 6 nitrogen and oxygen atoms in total. The van der Waals surface area contributed by atoms with E-state index in [2.05, 4.69) is 106 Å². The summed E-state index contributed by atoms with van der Waals surface area (Å²) < 4.78 is 16.9. The van der Waals surface area contributed by atoms with E-state index in [9.17, 15) is 14.4 Å². The van der Waals surface area contributed by atoms with E-state index in [-0.39, 0.29) is 37.5 Å². The lowest BCUT2D eigenvalue weighted by Crippen LogP contribution is -2.30. The number of hydrogen-bond acceptors (Lipinski definition) is 6. The van der Waals surface area contributed by atoms with Gasteiger partial charge in [0.05, 0.1) is 0 Å². The third kappa shape index (κ3) is 63.3. The minimum Gasteiger partial charge on any atom is -0.462 e. The summed E-state index contributed by atoms with van der Waals surface area (Å²) in [7, 11) is 0. The molecule has 0 fully saturated rings. The lowest BCUT2D eigenvalue weighted by molar-refractivity contribution is -0.167. The molecule has 77 heavy (non-hydrogen) atoms. The van der Waals surface area contributed by atoms with Crippen LogP contribution in [0.1, 0.15) is 329 Å². The highest BCUT2D eigenvalue weighted by atomic mass is 16.6. The van der Waals surface area contributed by atoms with Crippen LogP contribution in [-0.4, -0.2) is 37.2 Å². The summed E-state index contributed by atoms with van der Waals surface area (Å²) in [6.07, 6.45) is 86.0. The first-order valence-corrected chi connectivity index (χ1v) is 33.1. The van der Waals surface area contributed by atoms with Gasteiger partial charge in [0.2, 0.25) is 0 Å². The smallest absolute Gasteiger partial charge is 0.306 e. The Kier molecular flexibility index (Phi) is 62.2. The molecule has 0 aromatic carbocycles. The summed E-state index contributed by atoms with van der Waals surface area (Å²) in [5, 5.41) is 0. The Hall–Kier alpha value is -3.41. The van der Waals surface area contributed by atoms with Gasteiger partial charge < -0.3 is 14.2 Å². The van der Waals surface area contributed by atoms with Crippen molar-refractivity contribution in [2.75, 3.05) is 13.2 Å². The molecule has 0 aliphatic carbocycles. The fourth-order valence-corrected chi connectivity index (χ4v) is 9.45. The van der Waals surface area contributed by atoms with Crippen LogP contribution in [-0.2, 0) is 28.6 Å². The standard InChI is InChI=1S/C71H124O6/c1-4-7-10-13-16-19-22-25-28-31-33-34-35-36-37-38-41-43-46-49-52-55-58-61-64-70(73)76-67-68(66-75-69(72)63-60-57-54-51-48-45-42-39-30-27-24-21-18-15-12-9-6-3)77-71(74)65-62-59-56-53-50-47-44-40-32-29-26-23-20-17-14-11-8-5-2/h9,12,18,20-21,23,27,29-30,32,42,45,51,54,68H,4-8,10-11,13-17,19,22,24-26,28,31,33-41,43-44,46-50,52-53,55-67H2,1-3H3/b12-9-,21-18-,23-20-,30-27-,32-29-,45-42-,54-51-. The van der Waals surface area contributed by atoms with E-state index in [1.165, 1.54) is 193 Å². The molecular formula is C71H124O6. The zero-order chi connectivity index (χ0) is 55.7. The minimum atomic E-state index is -0.804. The van der Waals surface area contributed by atoms with Crippen LogP contribution in [0.3, 0.4) is 0 Å². The summed E-state index contributed by atoms with van der Waals surface area (Å²) in [6, 6.07) is 0. The topological polar surface area (TPSA) is 78.9 Å². The van der Waals surface area contributed by atoms with Crippen LogP contribution < -0.4 is 0 Å². The van der Waals surface area contributed by atoms with E-state index < -0.39 is 6.10 Å². The largest absolute Gasteiger partial charge is 0.462 e. The van der Waals surface area contributed by atoms with Gasteiger partial charge >= 0.3 is 17.9 Å². The monoisotopic (exact) mass is 1070 g/mol. The van der Waals surface area contributed by atoms with Crippen LogP contribution in [0.25, 0.3) is 0 Å². The van der Waals surface area contributed by atoms with E-state index >= 15 is 0 Å². The highest BCUT2D eigenvalue weighted by Gasteiger charge is 2.19. The van der Waals surface area contributed by atoms with Crippen molar-refractivity contribution >= 4 is 17.9 Å². The molecule has 0 aliphatic heterocycles. The average molecular weight is 1070 g/mol. The molecule has 0 rings (SSSR count). The van der Waals surface area contributed by atoms with Gasteiger partial charge in [0.25, 0.3) is 0 Å². The normalized spacial score (nSPS) is 12.6. The number of carbonyl (C=O) groups excluding carboxylic acids is 3. The summed E-state index contributed by atoms with van der Waals surface area (Å²) >= 11 is 0. The molecule has 0 bridgehead atoms. The third-order valence-electron chi connectivity index (χ3n) is 14.4. The van der Waals surface area contributed by atoms with Crippen molar-refractivity contribution in [1.82, 2.24) is 0 Å². The molecule has 1 unspecified atom stereocenters. The van der Waals surface area contributed by atoms with E-state index in [0.29, 0.717) is 19.3 Å². The Morgan fingerprint density at radius 1 is 0.273 bits per heavy atom. The number of ether oxygens (including phenoxy) is 3. The molecule has 1 atom stereocenters. The lowest BCUT2D eigenvalue weighted by Gasteiger charge is -2.18. The van der Waals surface area contributed by atoms with Crippen molar-refractivity contribution in [2.45, 2.75) is 335 Å². The molecule has 6 heteroatoms. The van der Waals surface area contributed by atoms with Crippen molar-refractivity contribution in [3.05, 3.63) is 85.1 Å². The SMILES string of the molecule is CC/C=C\C/C=C\C/C=C\C/C=C\C/C=C\CCCC(=O)OCC(COC(=O)CCCCCCCCCCCCCCCCCCCCCCCCCC)OC(=O)CCCCCCCCC/C=C\C/C=C\CCCCCC. The second-order valence-electron chi connectivity index (χ2n) is 22.0. The summed E-state index contributed by atoms with van der Waals surface area (Å²) in [4.78, 5) is 38.3. The predicted molar refractivity (Wildman–Crippen MR) is 334 cm³/mol. The molecule has 0 amide bonds. The summed E-state index contributed by atoms with van der Waals surface area (Å²) in [6.45, 7) is 6.50. The Balaban J connectivity index is 4.38. The molecule has 0 radical (unpaired) electrons. The second kappa shape index (κ2) is 65.1. The fraction of sp³-hybridized carbons (Fsp3) is 0.761. The van der Waals surface area contributed by atoms with Crippen LogP contribution in [0.2, 0.25) is 0 Å². The van der Waals surface area contributed by atoms with Crippen LogP contribution >= 0.6 is 0 Å². The Morgan fingerprint density at radius 2 is 0.519 bits per heavy atom. The second-order valence-corrected chi connectivity index (χ2v) is 22.0. The van der Waals surface area contributed by atoms with Gasteiger partial charge in [-0.2, -0.15) is 0 Å². The van der Waals surface area contributed by atoms with Crippen molar-refractivity contribution in [3.63, 3.8) is 0 Å². The van der Waals surface area contributed by atoms with Crippen LogP contribution in [0.4, 0.5) is 0 Å². The van der Waals surface area contributed by atoms with Gasteiger partial charge in [-0.05, 0) is 89.9 Å². The number of carbonyl (C=O) groups is 3. The first-order chi connectivity index (χ1) is 38.0. The van der Waals surface area contributed by atoms with Gasteiger partial charge in [0.15, 0.2) is 6.10 Å². The number of hydrogen-bond donors (Lipinski definition) is 0. The Labute approximate surface area is 477 Å². The maximum Gasteiger partial charge on any atom is 0.306 e. The summed E-state index contributed by atoms with van der Waals surface area (Å²) in [5.74, 6) is -0.949. The summed E-state index contributed by atoms with van der Waals surface area (Å²) in [5.41, 5.74) is 0. The van der Waals surface area contributed by atoms with Crippen LogP contribution in [0.5, 0.6) is 0 Å². The molecule has 0 aliphatic rings. The molecule has 0 heterocycles. The number of esters is 3. The molecule has 0 aromatic heterocycles. The van der Waals surface area contributed by atoms with Crippen molar-refractivity contribution in [3.8, 4) is 0 Å². The molecule has 0 aromatic rings. The van der Waals surface area contributed by atoms with E-state index in [0.717, 1.165) is 89.9 Å². The minimum absolute atomic E-state index is 0.0949. The van der Waals surface area contributed by atoms with Gasteiger partial charge in [0.1, 0.15) is 13.2 Å². The fourth-order valence-electron chi connectivity index (χ4n) is 9.45. The maximum absolute atomic E-state index is 12.9. The highest BCUT2D eigenvalue weighted by molar-refractivity contribution is 5.71. The molecule has 444 valence electrons. The Morgan fingerprint density at radius 3 is 0.857 bits per heavy atom. The van der Waals surface area contributed by atoms with Crippen molar-refractivity contribution in [2.24, 2.45) is 0 Å². The average Bonchev–Trinajstić information content (AvgIpc) is 3.43. The van der Waals surface area contributed by atoms with Gasteiger partial charge in [-0.15, -0.1) is 0 Å². The first kappa shape index (κ1) is 73.6. The van der Waals surface area contributed by atoms with E-state index in [1.54, 1.807) is 0 Å². The molecular weight excluding hydrogens is 949 g/mol. The number of rotatable bonds is 60. The van der Waals surface area contributed by atoms with Crippen LogP contribution in [0.15, 0.2) is 85.1 Å². The van der Waals surface area contributed by atoms with E-state index in [4.69, 9.17) is 14.2 Å².